The van der Waals surface area contributed by atoms with Crippen LogP contribution in [0.5, 0.6) is 0 Å². The molecule has 2 heterocycles. The first-order valence-electron chi connectivity index (χ1n) is 23.4. The molecule has 0 fully saturated rings. The molecule has 68 heavy (non-hydrogen) atoms. The normalized spacial score (nSPS) is 12.0. The number of anilines is 6. The van der Waals surface area contributed by atoms with E-state index in [9.17, 15) is 0 Å². The second-order valence-electron chi connectivity index (χ2n) is 18.3. The van der Waals surface area contributed by atoms with Crippen LogP contribution < -0.4 is 9.80 Å². The van der Waals surface area contributed by atoms with E-state index in [0.29, 0.717) is 0 Å². The van der Waals surface area contributed by atoms with Gasteiger partial charge in [-0.15, -0.1) is 0 Å². The minimum atomic E-state index is 1.11. The molecule has 14 aromatic rings. The molecule has 0 saturated carbocycles. The highest BCUT2D eigenvalue weighted by atomic mass is 15.2. The molecule has 4 nitrogen and oxygen atoms in total. The first kappa shape index (κ1) is 38.4. The number of aromatic nitrogens is 2. The van der Waals surface area contributed by atoms with Gasteiger partial charge < -0.3 is 18.9 Å². The number of hydrogen-bond acceptors (Lipinski definition) is 2. The smallest absolute Gasteiger partial charge is 0.0742 e. The lowest BCUT2D eigenvalue weighted by atomic mass is 9.98. The Bertz CT molecular complexity index is 3940. The van der Waals surface area contributed by atoms with Crippen LogP contribution in [0.4, 0.5) is 34.1 Å². The third kappa shape index (κ3) is 5.80. The van der Waals surface area contributed by atoms with Gasteiger partial charge >= 0.3 is 0 Å². The van der Waals surface area contributed by atoms with Crippen LogP contribution in [0.3, 0.4) is 0 Å². The van der Waals surface area contributed by atoms with Gasteiger partial charge in [-0.1, -0.05) is 158 Å². The predicted molar refractivity (Wildman–Crippen MR) is 291 cm³/mol. The average molecular weight is 869 g/mol. The third-order valence-electron chi connectivity index (χ3n) is 14.5. The summed E-state index contributed by atoms with van der Waals surface area (Å²) < 4.78 is 4.89. The first-order valence-corrected chi connectivity index (χ1v) is 23.4. The molecule has 320 valence electrons. The summed E-state index contributed by atoms with van der Waals surface area (Å²) in [5.74, 6) is 0. The van der Waals surface area contributed by atoms with E-state index in [1.807, 2.05) is 0 Å². The van der Waals surface area contributed by atoms with Crippen molar-refractivity contribution < 1.29 is 0 Å². The zero-order valence-electron chi connectivity index (χ0n) is 37.7. The fraction of sp³-hybridized carbons (Fsp3) is 0.0312. The van der Waals surface area contributed by atoms with E-state index in [1.165, 1.54) is 97.5 Å². The van der Waals surface area contributed by atoms with Crippen molar-refractivity contribution in [1.82, 2.24) is 9.13 Å². The van der Waals surface area contributed by atoms with Gasteiger partial charge in [0, 0.05) is 69.8 Å². The molecule has 12 aromatic carbocycles. The van der Waals surface area contributed by atoms with Crippen molar-refractivity contribution in [3.8, 4) is 0 Å². The van der Waals surface area contributed by atoms with Crippen LogP contribution in [0.1, 0.15) is 0 Å². The fourth-order valence-corrected chi connectivity index (χ4v) is 11.3. The number of benzene rings is 12. The van der Waals surface area contributed by atoms with Crippen LogP contribution in [-0.2, 0) is 14.1 Å². The topological polar surface area (TPSA) is 16.3 Å². The molecular weight excluding hydrogens is 825 g/mol. The number of hydrogen-bond donors (Lipinski definition) is 0. The van der Waals surface area contributed by atoms with Crippen molar-refractivity contribution in [2.75, 3.05) is 9.80 Å². The average Bonchev–Trinajstić information content (AvgIpc) is 3.85. The Labute approximate surface area is 393 Å². The van der Waals surface area contributed by atoms with Gasteiger partial charge in [0.2, 0.25) is 0 Å². The molecule has 0 aliphatic heterocycles. The zero-order chi connectivity index (χ0) is 45.0. The summed E-state index contributed by atoms with van der Waals surface area (Å²) in [6.45, 7) is 0. The summed E-state index contributed by atoms with van der Waals surface area (Å²) in [4.78, 5) is 4.83. The lowest BCUT2D eigenvalue weighted by molar-refractivity contribution is 0.986. The number of rotatable bonds is 6. The van der Waals surface area contributed by atoms with Crippen LogP contribution in [0, 0.1) is 0 Å². The SMILES string of the molecule is Cn1c2cc(N(c3ccc4ccccc4c3)c3ccc4ccccc4c3)ccc2c2c3ccccc3c3c4ccc(N(c5ccc6ccccc6c5)c5ccc6ccccc6c5)cc4n(C)c3c21. The number of fused-ring (bicyclic) bond motifs is 14. The van der Waals surface area contributed by atoms with Gasteiger partial charge in [0.1, 0.15) is 0 Å². The van der Waals surface area contributed by atoms with E-state index in [0.717, 1.165) is 34.1 Å². The maximum absolute atomic E-state index is 2.44. The Balaban J connectivity index is 0.999. The van der Waals surface area contributed by atoms with Crippen LogP contribution in [0.25, 0.3) is 97.5 Å². The number of nitrogens with zero attached hydrogens (tertiary/aromatic N) is 4. The van der Waals surface area contributed by atoms with Gasteiger partial charge in [0.15, 0.2) is 0 Å². The standard InChI is InChI=1S/C64H44N4/c1-65-59-39-53(67(49-27-23-41-13-3-7-17-45(41)35-49)50-28-24-42-14-4-8-18-46(42)36-50)31-33-57(59)61-55-21-11-12-22-56(55)62-58-34-32-54(40-60(58)66(2)64(62)63(61)65)68(51-29-25-43-15-5-9-19-47(43)37-51)52-30-26-44-16-6-10-20-48(44)38-52/h3-40H,1-2H3. The van der Waals surface area contributed by atoms with Gasteiger partial charge in [-0.2, -0.15) is 0 Å². The second kappa shape index (κ2) is 14.8. The summed E-state index contributed by atoms with van der Waals surface area (Å²) in [5.41, 5.74) is 11.5. The molecule has 0 N–H and O–H groups in total. The summed E-state index contributed by atoms with van der Waals surface area (Å²) >= 11 is 0. The molecule has 0 aliphatic carbocycles. The highest BCUT2D eigenvalue weighted by molar-refractivity contribution is 6.36. The quantitative estimate of drug-likeness (QED) is 0.166. The Kier molecular flexibility index (Phi) is 8.38. The highest BCUT2D eigenvalue weighted by Crippen LogP contribution is 2.48. The van der Waals surface area contributed by atoms with Crippen LogP contribution in [0.15, 0.2) is 231 Å². The Morgan fingerprint density at radius 1 is 0.250 bits per heavy atom. The highest BCUT2D eigenvalue weighted by Gasteiger charge is 2.24. The molecule has 0 amide bonds. The lowest BCUT2D eigenvalue weighted by Crippen LogP contribution is -2.10. The van der Waals surface area contributed by atoms with E-state index in [-0.39, 0.29) is 0 Å². The van der Waals surface area contributed by atoms with Crippen LogP contribution >= 0.6 is 0 Å². The van der Waals surface area contributed by atoms with Crippen molar-refractivity contribution in [2.24, 2.45) is 14.1 Å². The Morgan fingerprint density at radius 2 is 0.515 bits per heavy atom. The van der Waals surface area contributed by atoms with E-state index >= 15 is 0 Å². The minimum Gasteiger partial charge on any atom is -0.342 e. The minimum absolute atomic E-state index is 1.11. The largest absolute Gasteiger partial charge is 0.342 e. The number of aryl methyl sites for hydroxylation is 2. The zero-order valence-corrected chi connectivity index (χ0v) is 37.7. The van der Waals surface area contributed by atoms with E-state index < -0.39 is 0 Å². The summed E-state index contributed by atoms with van der Waals surface area (Å²) in [5, 5.41) is 17.3. The maximum Gasteiger partial charge on any atom is 0.0742 e. The molecule has 0 spiro atoms. The molecule has 2 aromatic heterocycles. The van der Waals surface area contributed by atoms with Crippen molar-refractivity contribution in [3.05, 3.63) is 231 Å². The van der Waals surface area contributed by atoms with Crippen molar-refractivity contribution in [1.29, 1.82) is 0 Å². The van der Waals surface area contributed by atoms with Gasteiger partial charge in [-0.05, 0) is 127 Å². The molecule has 0 bridgehead atoms. The predicted octanol–water partition coefficient (Wildman–Crippen LogP) is 17.7. The van der Waals surface area contributed by atoms with Crippen molar-refractivity contribution in [2.45, 2.75) is 0 Å². The van der Waals surface area contributed by atoms with Crippen LogP contribution in [0.2, 0.25) is 0 Å². The van der Waals surface area contributed by atoms with E-state index in [4.69, 9.17) is 0 Å². The monoisotopic (exact) mass is 868 g/mol. The van der Waals surface area contributed by atoms with Gasteiger partial charge in [0.05, 0.1) is 22.1 Å². The van der Waals surface area contributed by atoms with Crippen molar-refractivity contribution in [3.63, 3.8) is 0 Å². The van der Waals surface area contributed by atoms with Crippen molar-refractivity contribution >= 4 is 132 Å². The summed E-state index contributed by atoms with van der Waals surface area (Å²) in [7, 11) is 4.51. The maximum atomic E-state index is 2.44. The van der Waals surface area contributed by atoms with Gasteiger partial charge in [-0.25, -0.2) is 0 Å². The fourth-order valence-electron chi connectivity index (χ4n) is 11.3. The Morgan fingerprint density at radius 3 is 0.838 bits per heavy atom. The van der Waals surface area contributed by atoms with Gasteiger partial charge in [0.25, 0.3) is 0 Å². The first-order chi connectivity index (χ1) is 33.5. The van der Waals surface area contributed by atoms with E-state index in [2.05, 4.69) is 264 Å². The molecule has 0 aliphatic rings. The molecule has 14 rings (SSSR count). The second-order valence-corrected chi connectivity index (χ2v) is 18.3. The summed E-state index contributed by atoms with van der Waals surface area (Å²) in [6.07, 6.45) is 0. The molecule has 4 heteroatoms. The molecule has 0 atom stereocenters. The third-order valence-corrected chi connectivity index (χ3v) is 14.5. The molecule has 0 radical (unpaired) electrons. The molecule has 0 saturated heterocycles. The summed E-state index contributed by atoms with van der Waals surface area (Å²) in [6, 6.07) is 84.9. The van der Waals surface area contributed by atoms with E-state index in [1.54, 1.807) is 0 Å². The lowest BCUT2D eigenvalue weighted by Gasteiger charge is -2.26. The molecule has 0 unspecified atom stereocenters. The van der Waals surface area contributed by atoms with Gasteiger partial charge in [-0.3, -0.25) is 0 Å². The van der Waals surface area contributed by atoms with Crippen LogP contribution in [-0.4, -0.2) is 9.13 Å². The Hall–Kier alpha value is -8.86. The molecular formula is C64H44N4.